The molecule has 2 unspecified atom stereocenters. The molecule has 2 atom stereocenters. The molecular weight excluding hydrogens is 609 g/mol. The average Bonchev–Trinajstić information content (AvgIpc) is 2.95. The molecule has 0 bridgehead atoms. The summed E-state index contributed by atoms with van der Waals surface area (Å²) in [5.74, 6) is -0.895. The molecule has 3 aromatic carbocycles. The highest BCUT2D eigenvalue weighted by atomic mass is 35.5. The lowest BCUT2D eigenvalue weighted by atomic mass is 10.1. The van der Waals surface area contributed by atoms with Crippen LogP contribution in [0.5, 0.6) is 5.75 Å². The fourth-order valence-corrected chi connectivity index (χ4v) is 6.11. The lowest BCUT2D eigenvalue weighted by Gasteiger charge is -2.33. The molecule has 2 amide bonds. The van der Waals surface area contributed by atoms with Gasteiger partial charge in [0.05, 0.1) is 17.7 Å². The maximum absolute atomic E-state index is 14.1. The SMILES string of the molecule is CCC(C)NC(=O)C(C)N(Cc1c(Cl)cccc1Cl)C(=O)CN(c1cc(Cl)ccc1OC)S(=O)(=O)c1ccccc1. The van der Waals surface area contributed by atoms with E-state index in [2.05, 4.69) is 5.32 Å². The Kier molecular flexibility index (Phi) is 11.3. The van der Waals surface area contributed by atoms with Crippen molar-refractivity contribution in [2.45, 2.75) is 50.7 Å². The predicted octanol–water partition coefficient (Wildman–Crippen LogP) is 6.18. The van der Waals surface area contributed by atoms with Crippen LogP contribution in [0.3, 0.4) is 0 Å². The van der Waals surface area contributed by atoms with Gasteiger partial charge in [-0.2, -0.15) is 0 Å². The number of halogens is 3. The quantitative estimate of drug-likeness (QED) is 0.255. The average molecular weight is 641 g/mol. The maximum Gasteiger partial charge on any atom is 0.264 e. The Bertz CT molecular complexity index is 1470. The van der Waals surface area contributed by atoms with Gasteiger partial charge in [0, 0.05) is 33.2 Å². The fraction of sp³-hybridized carbons (Fsp3) is 0.310. The third kappa shape index (κ3) is 7.86. The van der Waals surface area contributed by atoms with Gasteiger partial charge in [-0.1, -0.05) is 66.0 Å². The van der Waals surface area contributed by atoms with E-state index in [0.717, 1.165) is 4.31 Å². The minimum Gasteiger partial charge on any atom is -0.495 e. The monoisotopic (exact) mass is 639 g/mol. The first-order valence-electron chi connectivity index (χ1n) is 12.8. The molecule has 3 rings (SSSR count). The molecule has 0 saturated carbocycles. The van der Waals surface area contributed by atoms with Crippen LogP contribution in [0.4, 0.5) is 5.69 Å². The summed E-state index contributed by atoms with van der Waals surface area (Å²) in [4.78, 5) is 28.5. The molecule has 0 saturated heterocycles. The summed E-state index contributed by atoms with van der Waals surface area (Å²) in [7, 11) is -2.91. The summed E-state index contributed by atoms with van der Waals surface area (Å²) in [5.41, 5.74) is 0.481. The molecule has 0 aliphatic carbocycles. The normalized spacial score (nSPS) is 12.8. The van der Waals surface area contributed by atoms with E-state index >= 15 is 0 Å². The molecule has 0 spiro atoms. The smallest absolute Gasteiger partial charge is 0.264 e. The minimum atomic E-state index is -4.30. The van der Waals surface area contributed by atoms with Crippen LogP contribution in [-0.4, -0.2) is 50.9 Å². The van der Waals surface area contributed by atoms with Crippen LogP contribution in [0.2, 0.25) is 15.1 Å². The van der Waals surface area contributed by atoms with Crippen molar-refractivity contribution in [3.05, 3.63) is 87.4 Å². The number of carbonyl (C=O) groups is 2. The van der Waals surface area contributed by atoms with Gasteiger partial charge < -0.3 is 15.0 Å². The molecule has 3 aromatic rings. The summed E-state index contributed by atoms with van der Waals surface area (Å²) in [6, 6.07) is 15.9. The van der Waals surface area contributed by atoms with Crippen LogP contribution in [0, 0.1) is 0 Å². The Labute approximate surface area is 256 Å². The number of anilines is 1. The van der Waals surface area contributed by atoms with Gasteiger partial charge in [-0.15, -0.1) is 0 Å². The second kappa shape index (κ2) is 14.3. The number of hydrogen-bond donors (Lipinski definition) is 1. The first kappa shape index (κ1) is 32.5. The standard InChI is InChI=1S/C29H32Cl3N3O5S/c1-5-19(2)33-29(37)20(3)34(17-23-24(31)12-9-13-25(23)32)28(36)18-35(26-16-21(30)14-15-27(26)40-4)41(38,39)22-10-7-6-8-11-22/h6-16,19-20H,5,17-18H2,1-4H3,(H,33,37). The lowest BCUT2D eigenvalue weighted by Crippen LogP contribution is -2.52. The highest BCUT2D eigenvalue weighted by Gasteiger charge is 2.34. The fourth-order valence-electron chi connectivity index (χ4n) is 3.99. The Hall–Kier alpha value is -2.98. The number of carbonyl (C=O) groups excluding carboxylic acids is 2. The molecule has 220 valence electrons. The second-order valence-corrected chi connectivity index (χ2v) is 12.5. The number of methoxy groups -OCH3 is 1. The molecule has 0 aromatic heterocycles. The van der Waals surface area contributed by atoms with E-state index in [-0.39, 0.29) is 33.9 Å². The van der Waals surface area contributed by atoms with Gasteiger partial charge in [0.25, 0.3) is 10.0 Å². The Morgan fingerprint density at radius 1 is 0.951 bits per heavy atom. The number of nitrogens with zero attached hydrogens (tertiary/aromatic N) is 2. The summed E-state index contributed by atoms with van der Waals surface area (Å²) in [6.45, 7) is 4.53. The maximum atomic E-state index is 14.1. The van der Waals surface area contributed by atoms with Crippen molar-refractivity contribution >= 4 is 62.3 Å². The van der Waals surface area contributed by atoms with E-state index in [1.165, 1.54) is 36.3 Å². The van der Waals surface area contributed by atoms with Crippen LogP contribution in [-0.2, 0) is 26.2 Å². The van der Waals surface area contributed by atoms with Crippen LogP contribution >= 0.6 is 34.8 Å². The molecule has 0 heterocycles. The number of benzene rings is 3. The third-order valence-electron chi connectivity index (χ3n) is 6.58. The first-order chi connectivity index (χ1) is 19.4. The Balaban J connectivity index is 2.12. The summed E-state index contributed by atoms with van der Waals surface area (Å²) in [5, 5.41) is 3.72. The van der Waals surface area contributed by atoms with Gasteiger partial charge in [-0.25, -0.2) is 8.42 Å². The molecule has 41 heavy (non-hydrogen) atoms. The Morgan fingerprint density at radius 3 is 2.17 bits per heavy atom. The lowest BCUT2D eigenvalue weighted by molar-refractivity contribution is -0.139. The van der Waals surface area contributed by atoms with Crippen LogP contribution in [0.25, 0.3) is 0 Å². The van der Waals surface area contributed by atoms with E-state index in [0.29, 0.717) is 22.0 Å². The number of hydrogen-bond acceptors (Lipinski definition) is 5. The van der Waals surface area contributed by atoms with Crippen molar-refractivity contribution in [1.82, 2.24) is 10.2 Å². The molecule has 0 aliphatic heterocycles. The van der Waals surface area contributed by atoms with Gasteiger partial charge in [-0.3, -0.25) is 13.9 Å². The number of rotatable bonds is 12. The first-order valence-corrected chi connectivity index (χ1v) is 15.4. The van der Waals surface area contributed by atoms with E-state index in [9.17, 15) is 18.0 Å². The predicted molar refractivity (Wildman–Crippen MR) is 163 cm³/mol. The molecule has 1 N–H and O–H groups in total. The van der Waals surface area contributed by atoms with E-state index in [1.54, 1.807) is 49.4 Å². The zero-order valence-electron chi connectivity index (χ0n) is 23.1. The Morgan fingerprint density at radius 2 is 1.59 bits per heavy atom. The number of sulfonamides is 1. The van der Waals surface area contributed by atoms with Crippen molar-refractivity contribution in [3.63, 3.8) is 0 Å². The molecule has 0 radical (unpaired) electrons. The van der Waals surface area contributed by atoms with Gasteiger partial charge >= 0.3 is 0 Å². The molecule has 12 heteroatoms. The molecular formula is C29H32Cl3N3O5S. The van der Waals surface area contributed by atoms with Crippen molar-refractivity contribution in [2.24, 2.45) is 0 Å². The van der Waals surface area contributed by atoms with Crippen molar-refractivity contribution in [3.8, 4) is 5.75 Å². The highest BCUT2D eigenvalue weighted by Crippen LogP contribution is 2.35. The van der Waals surface area contributed by atoms with Gasteiger partial charge in [0.1, 0.15) is 18.3 Å². The van der Waals surface area contributed by atoms with E-state index in [4.69, 9.17) is 39.5 Å². The summed E-state index contributed by atoms with van der Waals surface area (Å²) in [6.07, 6.45) is 0.681. The van der Waals surface area contributed by atoms with Crippen molar-refractivity contribution < 1.29 is 22.7 Å². The van der Waals surface area contributed by atoms with Gasteiger partial charge in [-0.05, 0) is 62.7 Å². The van der Waals surface area contributed by atoms with E-state index in [1.807, 2.05) is 13.8 Å². The minimum absolute atomic E-state index is 0.0434. The number of amides is 2. The summed E-state index contributed by atoms with van der Waals surface area (Å²) >= 11 is 19.1. The van der Waals surface area contributed by atoms with Gasteiger partial charge in [0.2, 0.25) is 11.8 Å². The third-order valence-corrected chi connectivity index (χ3v) is 9.30. The van der Waals surface area contributed by atoms with Crippen LogP contribution < -0.4 is 14.4 Å². The molecule has 0 aliphatic rings. The molecule has 0 fully saturated rings. The topological polar surface area (TPSA) is 96.0 Å². The van der Waals surface area contributed by atoms with Crippen LogP contribution in [0.15, 0.2) is 71.6 Å². The highest BCUT2D eigenvalue weighted by molar-refractivity contribution is 7.92. The zero-order chi connectivity index (χ0) is 30.3. The second-order valence-electron chi connectivity index (χ2n) is 9.36. The summed E-state index contributed by atoms with van der Waals surface area (Å²) < 4.78 is 34.3. The molecule has 8 nitrogen and oxygen atoms in total. The van der Waals surface area contributed by atoms with Crippen LogP contribution in [0.1, 0.15) is 32.8 Å². The van der Waals surface area contributed by atoms with Crippen molar-refractivity contribution in [1.29, 1.82) is 0 Å². The van der Waals surface area contributed by atoms with Crippen molar-refractivity contribution in [2.75, 3.05) is 18.0 Å². The number of ether oxygens (including phenoxy) is 1. The van der Waals surface area contributed by atoms with E-state index < -0.39 is 34.4 Å². The number of nitrogens with one attached hydrogen (secondary N) is 1. The van der Waals surface area contributed by atoms with Gasteiger partial charge in [0.15, 0.2) is 0 Å². The zero-order valence-corrected chi connectivity index (χ0v) is 26.2. The largest absolute Gasteiger partial charge is 0.495 e.